The maximum Gasteiger partial charge on any atom is 0.296 e. The van der Waals surface area contributed by atoms with Gasteiger partial charge in [-0.1, -0.05) is 190 Å². The smallest absolute Gasteiger partial charge is 0.296 e. The molecular formula is C89H155ClN6O13S2. The van der Waals surface area contributed by atoms with Crippen molar-refractivity contribution in [1.29, 1.82) is 0 Å². The predicted octanol–water partition coefficient (Wildman–Crippen LogP) is 19.5. The Kier molecular flexibility index (Phi) is 61.1. The number of aliphatic hydroxyl groups is 1. The summed E-state index contributed by atoms with van der Waals surface area (Å²) in [5.41, 5.74) is 0.959. The van der Waals surface area contributed by atoms with E-state index in [0.29, 0.717) is 23.3 Å². The summed E-state index contributed by atoms with van der Waals surface area (Å²) in [6.45, 7) is 82.1. The van der Waals surface area contributed by atoms with E-state index >= 15 is 0 Å². The quantitative estimate of drug-likeness (QED) is 0.0618. The number of rotatable bonds is 13. The number of ketones is 5. The Morgan fingerprint density at radius 1 is 0.568 bits per heavy atom. The molecule has 19 nitrogen and oxygen atoms in total. The van der Waals surface area contributed by atoms with Crippen LogP contribution < -0.4 is 15.4 Å². The van der Waals surface area contributed by atoms with Gasteiger partial charge in [-0.05, 0) is 227 Å². The number of hydrogen-bond donors (Lipinski definition) is 4. The summed E-state index contributed by atoms with van der Waals surface area (Å²) in [5, 5.41) is 15.9. The number of halogens is 1. The number of terminal acetylenes is 2. The van der Waals surface area contributed by atoms with Crippen LogP contribution in [0.2, 0.25) is 5.28 Å². The van der Waals surface area contributed by atoms with E-state index in [1.54, 1.807) is 74.6 Å². The molecule has 2 aliphatic carbocycles. The summed E-state index contributed by atoms with van der Waals surface area (Å²) in [7, 11) is -6.34. The third-order valence-corrected chi connectivity index (χ3v) is 17.1. The maximum absolute atomic E-state index is 11.8. The Balaban J connectivity index is -0.000000148. The van der Waals surface area contributed by atoms with Crippen molar-refractivity contribution in [2.45, 2.75) is 333 Å². The van der Waals surface area contributed by atoms with E-state index in [1.165, 1.54) is 37.1 Å². The molecule has 0 radical (unpaired) electrons. The maximum atomic E-state index is 11.8. The molecule has 2 aliphatic rings. The van der Waals surface area contributed by atoms with Crippen LogP contribution in [0, 0.1) is 51.8 Å². The molecule has 1 aromatic heterocycles. The highest BCUT2D eigenvalue weighted by Crippen LogP contribution is 2.29. The van der Waals surface area contributed by atoms with E-state index in [4.69, 9.17) is 29.6 Å². The van der Waals surface area contributed by atoms with Crippen LogP contribution in [0.25, 0.3) is 0 Å². The molecule has 0 fully saturated rings. The van der Waals surface area contributed by atoms with Crippen molar-refractivity contribution in [3.05, 3.63) is 121 Å². The molecule has 4 N–H and O–H groups in total. The zero-order chi connectivity index (χ0) is 89.5. The Labute approximate surface area is 683 Å². The molecular weight excluding hydrogens is 1460 g/mol. The van der Waals surface area contributed by atoms with E-state index in [2.05, 4.69) is 104 Å². The fourth-order valence-electron chi connectivity index (χ4n) is 7.30. The number of hydrogen-bond acceptors (Lipinski definition) is 15. The van der Waals surface area contributed by atoms with Crippen LogP contribution in [-0.2, 0) is 63.6 Å². The van der Waals surface area contributed by atoms with E-state index in [-0.39, 0.29) is 98.2 Å². The number of carbonyl (C=O) groups excluding carboxylic acids is 8. The molecule has 0 saturated carbocycles. The van der Waals surface area contributed by atoms with Gasteiger partial charge in [-0.2, -0.15) is 0 Å². The van der Waals surface area contributed by atoms with Crippen molar-refractivity contribution in [2.75, 3.05) is 13.2 Å². The number of nitrogens with one attached hydrogen (secondary N) is 3. The highest BCUT2D eigenvalue weighted by atomic mass is 35.5. The molecule has 0 atom stereocenters. The minimum atomic E-state index is -3.26. The topological polar surface area (TPSA) is 290 Å². The lowest BCUT2D eigenvalue weighted by molar-refractivity contribution is -0.130. The fraction of sp³-hybridized carbons (Fsp3) is 0.640. The number of allylic oxidation sites excluding steroid dienone is 6. The van der Waals surface area contributed by atoms with Crippen LogP contribution in [-0.4, -0.2) is 124 Å². The third-order valence-electron chi connectivity index (χ3n) is 13.5. The number of Topliss-reactive ketones (excluding diaryl/α,β-unsaturated/α-hetero) is 3. The van der Waals surface area contributed by atoms with Gasteiger partial charge in [0.1, 0.15) is 0 Å². The summed E-state index contributed by atoms with van der Waals surface area (Å²) >= 11 is 5.63. The van der Waals surface area contributed by atoms with Crippen LogP contribution in [0.5, 0.6) is 0 Å². The van der Waals surface area contributed by atoms with Gasteiger partial charge in [0, 0.05) is 84.8 Å². The van der Waals surface area contributed by atoms with Crippen LogP contribution in [0.15, 0.2) is 110 Å². The number of aliphatic hydroxyl groups excluding tert-OH is 1. The molecule has 1 aromatic rings. The minimum Gasteiger partial charge on any atom is -0.396 e. The van der Waals surface area contributed by atoms with Crippen molar-refractivity contribution in [3.63, 3.8) is 0 Å². The molecule has 0 bridgehead atoms. The van der Waals surface area contributed by atoms with Crippen LogP contribution in [0.4, 0.5) is 0 Å². The number of amides is 3. The van der Waals surface area contributed by atoms with Gasteiger partial charge in [-0.25, -0.2) is 31.5 Å². The predicted molar refractivity (Wildman–Crippen MR) is 471 cm³/mol. The number of aromatic nitrogens is 2. The first kappa shape index (κ1) is 122. The van der Waals surface area contributed by atoms with Crippen molar-refractivity contribution in [3.8, 4) is 24.7 Å². The van der Waals surface area contributed by atoms with Gasteiger partial charge in [-0.3, -0.25) is 38.4 Å². The lowest BCUT2D eigenvalue weighted by atomic mass is 9.82. The Morgan fingerprint density at radius 2 is 0.991 bits per heavy atom. The molecule has 0 spiro atoms. The molecule has 0 aromatic carbocycles. The number of carbonyl (C=O) groups is 8. The second-order valence-corrected chi connectivity index (χ2v) is 41.4. The summed E-state index contributed by atoms with van der Waals surface area (Å²) in [6.07, 6.45) is 32.1. The largest absolute Gasteiger partial charge is 0.396 e. The van der Waals surface area contributed by atoms with Crippen LogP contribution in [0.3, 0.4) is 0 Å². The van der Waals surface area contributed by atoms with Gasteiger partial charge in [0.25, 0.3) is 5.91 Å². The average Bonchev–Trinajstić information content (AvgIpc) is 1.80. The number of nitrogens with zero attached hydrogens (tertiary/aromatic N) is 3. The Bertz CT molecular complexity index is 3490. The standard InChI is InChI=1S/C11H18O.C10H19NO.C10H16O.C9H16O2.C8H11ClN2.C7H13NO.C7H11NO.C7H12O.C7H10O.C6H13NO2S.C6H12O2S.CH4/c1-11(2,3)10(12)9-7-5-4-6-8-9;1-6-8-11(9(12)7-2)10(3,4)5;1-10(2,3)9(11)8-6-4-5-7-8;1-9(2,3)8(11)6-4-5-7-10;1-8(2,3)6-4-5-10-7(9)11-6;2*1-5-6(9)8-7(2,3)4;2*1-5-6(8)7(2,3)4;1-5-10(8,9)7-6(2,3)4;1-5-9(7,8)6(2,3)4;/h7H,4-6,8H2,1-3H3;7H,2,6,8H2,1,3-5H3;6H,4-5,7H2,1-3H3;4,6,10H,5,7H2,1-3H3;4-5H,1-3H3;5H,1H2,2-4H3,(H,8,9);1H,2-4H3,(H,8,9);5H,1H2,2-4H3;1H,2-4H3;5,7H,1H2,2-4H3;5H,1H2,2-4H3;1H4/b;;;6-4+;;;;;;;;. The van der Waals surface area contributed by atoms with Gasteiger partial charge < -0.3 is 20.6 Å². The van der Waals surface area contributed by atoms with Crippen molar-refractivity contribution in [2.24, 2.45) is 27.1 Å². The third kappa shape index (κ3) is 71.8. The van der Waals surface area contributed by atoms with Crippen molar-refractivity contribution < 1.29 is 60.3 Å². The second kappa shape index (κ2) is 55.5. The number of sulfone groups is 1. The first-order chi connectivity index (χ1) is 48.9. The van der Waals surface area contributed by atoms with E-state index < -0.39 is 30.1 Å². The van der Waals surface area contributed by atoms with E-state index in [0.717, 1.165) is 72.7 Å². The van der Waals surface area contributed by atoms with Gasteiger partial charge in [0.15, 0.2) is 33.0 Å². The lowest BCUT2D eigenvalue weighted by Crippen LogP contribution is -2.45. The lowest BCUT2D eigenvalue weighted by Gasteiger charge is -2.34. The Hall–Kier alpha value is -7.01. The summed E-state index contributed by atoms with van der Waals surface area (Å²) < 4.78 is 45.1. The molecule has 0 unspecified atom stereocenters. The molecule has 638 valence electrons. The van der Waals surface area contributed by atoms with Gasteiger partial charge in [-0.15, -0.1) is 12.8 Å². The van der Waals surface area contributed by atoms with Gasteiger partial charge in [0.05, 0.1) is 10.4 Å². The molecule has 0 saturated heterocycles. The monoisotopic (exact) mass is 1620 g/mol. The summed E-state index contributed by atoms with van der Waals surface area (Å²) in [4.78, 5) is 98.0. The van der Waals surface area contributed by atoms with Gasteiger partial charge >= 0.3 is 0 Å². The molecule has 3 amide bonds. The normalized spacial score (nSPS) is 12.8. The second-order valence-electron chi connectivity index (χ2n) is 36.8. The van der Waals surface area contributed by atoms with E-state index in [1.807, 2.05) is 162 Å². The highest BCUT2D eigenvalue weighted by molar-refractivity contribution is 7.95. The SMILES string of the molecule is C.C#CC(=O)C(C)(C)C.C#CC(=O)NC(C)(C)C.C=CC(=O)C(C)(C)C.C=CC(=O)N(CCC)C(C)(C)C.C=CC(=O)NC(C)(C)C.C=CS(=O)(=O)C(C)(C)C.C=CS(=O)(=O)NC(C)(C)C.CC(C)(C)C(=O)/C=C/CCO.CC(C)(C)C(=O)C1=CCCC1.CC(C)(C)C(=O)C1=CCCCC1.CC(C)(C)c1ccnc(Cl)n1. The van der Waals surface area contributed by atoms with Crippen molar-refractivity contribution >= 4 is 78.1 Å². The fourth-order valence-corrected chi connectivity index (χ4v) is 8.89. The average molecular weight is 1620 g/mol. The van der Waals surface area contributed by atoms with Crippen LogP contribution in [0.1, 0.15) is 306 Å². The minimum absolute atomic E-state index is 0. The number of sulfonamides is 1. The molecule has 1 heterocycles. The van der Waals surface area contributed by atoms with E-state index in [9.17, 15) is 55.2 Å². The summed E-state index contributed by atoms with van der Waals surface area (Å²) in [6, 6.07) is 1.88. The first-order valence-corrected chi connectivity index (χ1v) is 40.5. The van der Waals surface area contributed by atoms with Crippen molar-refractivity contribution in [1.82, 2.24) is 30.2 Å². The van der Waals surface area contributed by atoms with Crippen LogP contribution >= 0.6 is 11.6 Å². The molecule has 0 aliphatic heterocycles. The first-order valence-electron chi connectivity index (χ1n) is 37.1. The molecule has 111 heavy (non-hydrogen) atoms. The molecule has 22 heteroatoms. The highest BCUT2D eigenvalue weighted by Gasteiger charge is 2.29. The Morgan fingerprint density at radius 3 is 1.17 bits per heavy atom. The zero-order valence-corrected chi connectivity index (χ0v) is 77.1. The van der Waals surface area contributed by atoms with Gasteiger partial charge in [0.2, 0.25) is 32.9 Å². The zero-order valence-electron chi connectivity index (χ0n) is 74.7. The summed E-state index contributed by atoms with van der Waals surface area (Å²) in [5.74, 6) is 4.29. The molecule has 3 rings (SSSR count).